The van der Waals surface area contributed by atoms with Gasteiger partial charge in [-0.05, 0) is 55.8 Å². The average molecular weight is 300 g/mol. The van der Waals surface area contributed by atoms with Crippen molar-refractivity contribution < 1.29 is 0 Å². The fourth-order valence-corrected chi connectivity index (χ4v) is 3.92. The molecule has 21 heavy (non-hydrogen) atoms. The summed E-state index contributed by atoms with van der Waals surface area (Å²) in [7, 11) is 0. The van der Waals surface area contributed by atoms with Crippen LogP contribution in [0.4, 0.5) is 0 Å². The van der Waals surface area contributed by atoms with Gasteiger partial charge in [-0.25, -0.2) is 4.98 Å². The van der Waals surface area contributed by atoms with E-state index in [0.29, 0.717) is 6.04 Å². The van der Waals surface area contributed by atoms with Crippen LogP contribution in [0.15, 0.2) is 23.6 Å². The van der Waals surface area contributed by atoms with Crippen LogP contribution in [-0.4, -0.2) is 17.6 Å². The topological polar surface area (TPSA) is 24.9 Å². The molecule has 3 rings (SSSR count). The predicted molar refractivity (Wildman–Crippen MR) is 90.2 cm³/mol. The highest BCUT2D eigenvalue weighted by Gasteiger charge is 2.14. The highest BCUT2D eigenvalue weighted by Crippen LogP contribution is 2.23. The molecule has 1 atom stereocenters. The van der Waals surface area contributed by atoms with Gasteiger partial charge in [0, 0.05) is 17.8 Å². The summed E-state index contributed by atoms with van der Waals surface area (Å²) in [6.45, 7) is 5.28. The molecule has 0 bridgehead atoms. The van der Waals surface area contributed by atoms with Gasteiger partial charge in [0.25, 0.3) is 0 Å². The molecule has 1 unspecified atom stereocenters. The van der Waals surface area contributed by atoms with Gasteiger partial charge in [-0.3, -0.25) is 0 Å². The maximum absolute atomic E-state index is 4.61. The highest BCUT2D eigenvalue weighted by molar-refractivity contribution is 7.09. The Bertz CT molecular complexity index is 603. The number of aryl methyl sites for hydroxylation is 3. The first-order valence-corrected chi connectivity index (χ1v) is 8.87. The fourth-order valence-electron chi connectivity index (χ4n) is 3.30. The van der Waals surface area contributed by atoms with Crippen molar-refractivity contribution in [1.82, 2.24) is 10.3 Å². The van der Waals surface area contributed by atoms with Crippen LogP contribution in [0.1, 0.15) is 40.7 Å². The first kappa shape index (κ1) is 14.7. The van der Waals surface area contributed by atoms with E-state index < -0.39 is 0 Å². The summed E-state index contributed by atoms with van der Waals surface area (Å²) >= 11 is 1.75. The van der Waals surface area contributed by atoms with Gasteiger partial charge >= 0.3 is 0 Å². The Morgan fingerprint density at radius 3 is 2.86 bits per heavy atom. The highest BCUT2D eigenvalue weighted by atomic mass is 32.1. The summed E-state index contributed by atoms with van der Waals surface area (Å²) in [5, 5.41) is 6.98. The van der Waals surface area contributed by atoms with E-state index in [1.807, 2.05) is 0 Å². The summed E-state index contributed by atoms with van der Waals surface area (Å²) in [5.41, 5.74) is 5.83. The Balaban J connectivity index is 1.69. The zero-order chi connectivity index (χ0) is 14.7. The van der Waals surface area contributed by atoms with E-state index in [2.05, 4.69) is 47.7 Å². The van der Waals surface area contributed by atoms with Crippen molar-refractivity contribution in [3.8, 4) is 0 Å². The van der Waals surface area contributed by atoms with Gasteiger partial charge in [0.1, 0.15) is 0 Å². The standard InChI is InChI=1S/C18H24N2S/c1-3-19-17(11-18-12-21-13(2)20-18)10-14-7-8-15-5-4-6-16(15)9-14/h7-9,12,17,19H,3-6,10-11H2,1-2H3. The Morgan fingerprint density at radius 1 is 1.24 bits per heavy atom. The van der Waals surface area contributed by atoms with Gasteiger partial charge in [-0.2, -0.15) is 0 Å². The minimum atomic E-state index is 0.482. The molecule has 0 spiro atoms. The second-order valence-electron chi connectivity index (χ2n) is 5.98. The van der Waals surface area contributed by atoms with Crippen LogP contribution in [-0.2, 0) is 25.7 Å². The molecule has 1 aromatic carbocycles. The van der Waals surface area contributed by atoms with E-state index in [-0.39, 0.29) is 0 Å². The zero-order valence-corrected chi connectivity index (χ0v) is 13.8. The molecule has 0 fully saturated rings. The first-order valence-electron chi connectivity index (χ1n) is 7.99. The number of aromatic nitrogens is 1. The van der Waals surface area contributed by atoms with Crippen LogP contribution in [0, 0.1) is 6.92 Å². The normalized spacial score (nSPS) is 15.1. The first-order chi connectivity index (χ1) is 10.2. The SMILES string of the molecule is CCNC(Cc1ccc2c(c1)CCC2)Cc1csc(C)n1. The molecule has 0 radical (unpaired) electrons. The van der Waals surface area contributed by atoms with Crippen LogP contribution < -0.4 is 5.32 Å². The monoisotopic (exact) mass is 300 g/mol. The quantitative estimate of drug-likeness (QED) is 0.880. The Kier molecular flexibility index (Phi) is 4.71. The Hall–Kier alpha value is -1.19. The minimum Gasteiger partial charge on any atom is -0.314 e. The lowest BCUT2D eigenvalue weighted by Gasteiger charge is -2.17. The number of nitrogens with one attached hydrogen (secondary N) is 1. The predicted octanol–water partition coefficient (Wildman–Crippen LogP) is 3.70. The van der Waals surface area contributed by atoms with Crippen molar-refractivity contribution in [2.24, 2.45) is 0 Å². The molecule has 2 nitrogen and oxygen atoms in total. The lowest BCUT2D eigenvalue weighted by molar-refractivity contribution is 0.517. The molecule has 1 aliphatic carbocycles. The molecular weight excluding hydrogens is 276 g/mol. The molecule has 1 aliphatic rings. The van der Waals surface area contributed by atoms with Gasteiger partial charge in [-0.1, -0.05) is 25.1 Å². The third kappa shape index (κ3) is 3.72. The second kappa shape index (κ2) is 6.71. The number of rotatable bonds is 6. The molecule has 0 saturated heterocycles. The van der Waals surface area contributed by atoms with E-state index in [1.54, 1.807) is 22.5 Å². The number of likely N-dealkylation sites (N-methyl/N-ethyl adjacent to an activating group) is 1. The molecule has 1 aromatic heterocycles. The molecule has 0 aliphatic heterocycles. The minimum absolute atomic E-state index is 0.482. The number of benzene rings is 1. The maximum atomic E-state index is 4.61. The van der Waals surface area contributed by atoms with Gasteiger partial charge in [0.2, 0.25) is 0 Å². The van der Waals surface area contributed by atoms with Crippen LogP contribution >= 0.6 is 11.3 Å². The second-order valence-corrected chi connectivity index (χ2v) is 7.04. The smallest absolute Gasteiger partial charge is 0.0897 e. The largest absolute Gasteiger partial charge is 0.314 e. The number of nitrogens with zero attached hydrogens (tertiary/aromatic N) is 1. The van der Waals surface area contributed by atoms with E-state index in [4.69, 9.17) is 0 Å². The van der Waals surface area contributed by atoms with Gasteiger partial charge < -0.3 is 5.32 Å². The molecule has 1 heterocycles. The van der Waals surface area contributed by atoms with Crippen LogP contribution in [0.25, 0.3) is 0 Å². The van der Waals surface area contributed by atoms with Crippen molar-refractivity contribution in [1.29, 1.82) is 0 Å². The molecule has 2 aromatic rings. The van der Waals surface area contributed by atoms with Crippen LogP contribution in [0.5, 0.6) is 0 Å². The molecule has 112 valence electrons. The molecular formula is C18H24N2S. The summed E-state index contributed by atoms with van der Waals surface area (Å²) in [6.07, 6.45) is 5.98. The number of hydrogen-bond donors (Lipinski definition) is 1. The van der Waals surface area contributed by atoms with E-state index in [1.165, 1.54) is 30.5 Å². The van der Waals surface area contributed by atoms with E-state index in [0.717, 1.165) is 24.4 Å². The third-order valence-corrected chi connectivity index (χ3v) is 5.08. The van der Waals surface area contributed by atoms with Gasteiger partial charge in [0.05, 0.1) is 10.7 Å². The van der Waals surface area contributed by atoms with Crippen molar-refractivity contribution in [3.63, 3.8) is 0 Å². The Labute approximate surface area is 131 Å². The number of hydrogen-bond acceptors (Lipinski definition) is 3. The van der Waals surface area contributed by atoms with Gasteiger partial charge in [-0.15, -0.1) is 11.3 Å². The summed E-state index contributed by atoms with van der Waals surface area (Å²) < 4.78 is 0. The number of thiazole rings is 1. The molecule has 3 heteroatoms. The summed E-state index contributed by atoms with van der Waals surface area (Å²) in [4.78, 5) is 4.61. The van der Waals surface area contributed by atoms with Crippen LogP contribution in [0.2, 0.25) is 0 Å². The lowest BCUT2D eigenvalue weighted by atomic mass is 9.98. The van der Waals surface area contributed by atoms with Crippen molar-refractivity contribution in [3.05, 3.63) is 51.0 Å². The fraction of sp³-hybridized carbons (Fsp3) is 0.500. The maximum Gasteiger partial charge on any atom is 0.0897 e. The van der Waals surface area contributed by atoms with Crippen molar-refractivity contribution in [2.45, 2.75) is 52.0 Å². The summed E-state index contributed by atoms with van der Waals surface area (Å²) in [6, 6.07) is 7.57. The van der Waals surface area contributed by atoms with Crippen molar-refractivity contribution in [2.75, 3.05) is 6.54 Å². The lowest BCUT2D eigenvalue weighted by Crippen LogP contribution is -2.33. The van der Waals surface area contributed by atoms with E-state index in [9.17, 15) is 0 Å². The zero-order valence-electron chi connectivity index (χ0n) is 13.0. The van der Waals surface area contributed by atoms with Crippen LogP contribution in [0.3, 0.4) is 0 Å². The molecule has 0 saturated carbocycles. The van der Waals surface area contributed by atoms with E-state index >= 15 is 0 Å². The number of fused-ring (bicyclic) bond motifs is 1. The third-order valence-electron chi connectivity index (χ3n) is 4.26. The molecule has 0 amide bonds. The Morgan fingerprint density at radius 2 is 2.10 bits per heavy atom. The van der Waals surface area contributed by atoms with Crippen molar-refractivity contribution >= 4 is 11.3 Å². The summed E-state index contributed by atoms with van der Waals surface area (Å²) in [5.74, 6) is 0. The molecule has 1 N–H and O–H groups in total. The van der Waals surface area contributed by atoms with Gasteiger partial charge in [0.15, 0.2) is 0 Å². The average Bonchev–Trinajstić information content (AvgIpc) is 3.07.